The van der Waals surface area contributed by atoms with E-state index in [0.717, 1.165) is 22.6 Å². The summed E-state index contributed by atoms with van der Waals surface area (Å²) in [6, 6.07) is 23.3. The monoisotopic (exact) mass is 388 g/mol. The third-order valence-electron chi connectivity index (χ3n) is 3.97. The van der Waals surface area contributed by atoms with Crippen LogP contribution in [-0.2, 0) is 0 Å². The predicted molar refractivity (Wildman–Crippen MR) is 110 cm³/mol. The average Bonchev–Trinajstić information content (AvgIpc) is 3.37. The Bertz CT molecular complexity index is 1140. The molecule has 4 rings (SSSR count). The van der Waals surface area contributed by atoms with E-state index in [0.29, 0.717) is 21.4 Å². The third-order valence-corrected chi connectivity index (χ3v) is 5.09. The van der Waals surface area contributed by atoms with Gasteiger partial charge in [0, 0.05) is 27.6 Å². The topological polar surface area (TPSA) is 49.8 Å². The number of halogens is 1. The Kier molecular flexibility index (Phi) is 4.88. The molecule has 0 unspecified atom stereocenters. The molecule has 0 saturated carbocycles. The number of nitriles is 1. The second-order valence-electron chi connectivity index (χ2n) is 5.78. The summed E-state index contributed by atoms with van der Waals surface area (Å²) in [5, 5.41) is 12.8. The Morgan fingerprint density at radius 1 is 1.00 bits per heavy atom. The summed E-state index contributed by atoms with van der Waals surface area (Å²) in [5.74, 6) is 1.38. The van der Waals surface area contributed by atoms with Gasteiger partial charge in [0.05, 0.1) is 11.3 Å². The van der Waals surface area contributed by atoms with Gasteiger partial charge in [-0.3, -0.25) is 0 Å². The van der Waals surface area contributed by atoms with Crippen LogP contribution in [0.4, 0.5) is 0 Å². The lowest BCUT2D eigenvalue weighted by molar-refractivity contribution is 0.572. The van der Waals surface area contributed by atoms with E-state index in [1.54, 1.807) is 6.08 Å². The zero-order valence-corrected chi connectivity index (χ0v) is 15.7. The molecule has 0 aliphatic heterocycles. The second kappa shape index (κ2) is 7.63. The van der Waals surface area contributed by atoms with Crippen molar-refractivity contribution in [3.8, 4) is 28.7 Å². The molecule has 0 N–H and O–H groups in total. The third kappa shape index (κ3) is 3.85. The molecule has 0 radical (unpaired) electrons. The van der Waals surface area contributed by atoms with E-state index in [2.05, 4.69) is 11.1 Å². The van der Waals surface area contributed by atoms with E-state index in [1.807, 2.05) is 72.1 Å². The maximum Gasteiger partial charge on any atom is 0.134 e. The summed E-state index contributed by atoms with van der Waals surface area (Å²) in [6.45, 7) is 0. The van der Waals surface area contributed by atoms with Crippen LogP contribution in [0.5, 0.6) is 0 Å². The van der Waals surface area contributed by atoms with Gasteiger partial charge in [0.25, 0.3) is 0 Å². The fraction of sp³-hybridized carbons (Fsp3) is 0. The van der Waals surface area contributed by atoms with Gasteiger partial charge in [0.1, 0.15) is 22.6 Å². The molecule has 4 aromatic rings. The van der Waals surface area contributed by atoms with Crippen molar-refractivity contribution in [2.75, 3.05) is 0 Å². The van der Waals surface area contributed by atoms with Gasteiger partial charge >= 0.3 is 0 Å². The standard InChI is InChI=1S/C22H13ClN2OS/c23-18-8-6-15(7-9-18)20-14-27-22(25-20)17(13-24)12-19-10-11-21(26-19)16-4-2-1-3-5-16/h1-12,14H/b17-12-. The predicted octanol–water partition coefficient (Wildman–Crippen LogP) is 6.79. The van der Waals surface area contributed by atoms with Crippen LogP contribution in [-0.4, -0.2) is 4.98 Å². The Morgan fingerprint density at radius 2 is 1.78 bits per heavy atom. The van der Waals surface area contributed by atoms with Gasteiger partial charge in [-0.1, -0.05) is 54.1 Å². The summed E-state index contributed by atoms with van der Waals surface area (Å²) < 4.78 is 5.86. The first-order valence-electron chi connectivity index (χ1n) is 8.22. The zero-order chi connectivity index (χ0) is 18.6. The van der Waals surface area contributed by atoms with E-state index in [9.17, 15) is 5.26 Å². The van der Waals surface area contributed by atoms with Crippen LogP contribution in [0.1, 0.15) is 10.8 Å². The zero-order valence-electron chi connectivity index (χ0n) is 14.1. The number of benzene rings is 2. The number of nitrogens with zero attached hydrogens (tertiary/aromatic N) is 2. The highest BCUT2D eigenvalue weighted by Gasteiger charge is 2.11. The van der Waals surface area contributed by atoms with Gasteiger partial charge in [-0.25, -0.2) is 4.98 Å². The SMILES string of the molecule is N#C/C(=C/c1ccc(-c2ccccc2)o1)c1nc(-c2ccc(Cl)cc2)cs1. The molecule has 2 aromatic heterocycles. The first kappa shape index (κ1) is 17.3. The number of aromatic nitrogens is 1. The van der Waals surface area contributed by atoms with E-state index in [4.69, 9.17) is 16.0 Å². The minimum atomic E-state index is 0.467. The van der Waals surface area contributed by atoms with Crippen LogP contribution in [0.15, 0.2) is 76.5 Å². The first-order valence-corrected chi connectivity index (χ1v) is 9.47. The molecule has 0 fully saturated rings. The molecule has 0 atom stereocenters. The van der Waals surface area contributed by atoms with Crippen molar-refractivity contribution in [2.24, 2.45) is 0 Å². The van der Waals surface area contributed by atoms with E-state index in [1.165, 1.54) is 11.3 Å². The Labute approximate surface area is 165 Å². The minimum absolute atomic E-state index is 0.467. The molecule has 0 bridgehead atoms. The number of rotatable bonds is 4. The molecular formula is C22H13ClN2OS. The van der Waals surface area contributed by atoms with Crippen LogP contribution in [0, 0.1) is 11.3 Å². The van der Waals surface area contributed by atoms with Crippen molar-refractivity contribution in [1.82, 2.24) is 4.98 Å². The molecule has 0 spiro atoms. The Hall–Kier alpha value is -3.13. The van der Waals surface area contributed by atoms with Crippen LogP contribution in [0.3, 0.4) is 0 Å². The van der Waals surface area contributed by atoms with Crippen LogP contribution >= 0.6 is 22.9 Å². The minimum Gasteiger partial charge on any atom is -0.457 e. The molecule has 0 saturated heterocycles. The van der Waals surface area contributed by atoms with Gasteiger partial charge in [-0.15, -0.1) is 11.3 Å². The summed E-state index contributed by atoms with van der Waals surface area (Å²) >= 11 is 7.36. The smallest absolute Gasteiger partial charge is 0.134 e. The Morgan fingerprint density at radius 3 is 2.52 bits per heavy atom. The highest BCUT2D eigenvalue weighted by Crippen LogP contribution is 2.29. The lowest BCUT2D eigenvalue weighted by atomic mass is 10.2. The van der Waals surface area contributed by atoms with Crippen LogP contribution in [0.2, 0.25) is 5.02 Å². The molecular weight excluding hydrogens is 376 g/mol. The summed E-state index contributed by atoms with van der Waals surface area (Å²) in [5.41, 5.74) is 3.24. The largest absolute Gasteiger partial charge is 0.457 e. The van der Waals surface area contributed by atoms with Crippen LogP contribution in [0.25, 0.3) is 34.2 Å². The van der Waals surface area contributed by atoms with Gasteiger partial charge in [0.15, 0.2) is 0 Å². The lowest BCUT2D eigenvalue weighted by Gasteiger charge is -1.97. The number of furan rings is 1. The van der Waals surface area contributed by atoms with Crippen molar-refractivity contribution in [3.63, 3.8) is 0 Å². The number of hydrogen-bond acceptors (Lipinski definition) is 4. The van der Waals surface area contributed by atoms with Crippen molar-refractivity contribution in [1.29, 1.82) is 5.26 Å². The molecule has 0 aliphatic rings. The number of allylic oxidation sites excluding steroid dienone is 1. The highest BCUT2D eigenvalue weighted by molar-refractivity contribution is 7.11. The van der Waals surface area contributed by atoms with Crippen molar-refractivity contribution >= 4 is 34.6 Å². The van der Waals surface area contributed by atoms with Gasteiger partial charge in [0.2, 0.25) is 0 Å². The molecule has 27 heavy (non-hydrogen) atoms. The van der Waals surface area contributed by atoms with Gasteiger partial charge in [-0.2, -0.15) is 5.26 Å². The van der Waals surface area contributed by atoms with E-state index in [-0.39, 0.29) is 0 Å². The highest BCUT2D eigenvalue weighted by atomic mass is 35.5. The quantitative estimate of drug-likeness (QED) is 0.362. The molecule has 2 aromatic carbocycles. The molecule has 2 heterocycles. The fourth-order valence-corrected chi connectivity index (χ4v) is 3.54. The van der Waals surface area contributed by atoms with E-state index >= 15 is 0 Å². The van der Waals surface area contributed by atoms with E-state index < -0.39 is 0 Å². The van der Waals surface area contributed by atoms with Crippen molar-refractivity contribution in [2.45, 2.75) is 0 Å². The molecule has 0 aliphatic carbocycles. The Balaban J connectivity index is 1.62. The molecule has 3 nitrogen and oxygen atoms in total. The molecule has 0 amide bonds. The summed E-state index contributed by atoms with van der Waals surface area (Å²) in [6.07, 6.45) is 1.72. The van der Waals surface area contributed by atoms with Crippen molar-refractivity contribution in [3.05, 3.63) is 87.9 Å². The number of hydrogen-bond donors (Lipinski definition) is 0. The van der Waals surface area contributed by atoms with Gasteiger partial charge in [-0.05, 0) is 24.3 Å². The number of thiazole rings is 1. The maximum atomic E-state index is 9.57. The summed E-state index contributed by atoms with van der Waals surface area (Å²) in [7, 11) is 0. The maximum absolute atomic E-state index is 9.57. The first-order chi connectivity index (χ1) is 13.2. The fourth-order valence-electron chi connectivity index (χ4n) is 2.62. The lowest BCUT2D eigenvalue weighted by Crippen LogP contribution is -1.82. The molecule has 5 heteroatoms. The summed E-state index contributed by atoms with van der Waals surface area (Å²) in [4.78, 5) is 4.59. The second-order valence-corrected chi connectivity index (χ2v) is 7.08. The average molecular weight is 389 g/mol. The van der Waals surface area contributed by atoms with Crippen molar-refractivity contribution < 1.29 is 4.42 Å². The normalized spacial score (nSPS) is 11.3. The molecule has 130 valence electrons. The van der Waals surface area contributed by atoms with Gasteiger partial charge < -0.3 is 4.42 Å². The van der Waals surface area contributed by atoms with Crippen LogP contribution < -0.4 is 0 Å².